The van der Waals surface area contributed by atoms with Crippen molar-refractivity contribution < 1.29 is 42.1 Å². The minimum atomic E-state index is -5.35. The van der Waals surface area contributed by atoms with E-state index in [4.69, 9.17) is 10.5 Å². The number of nitrogens with zero attached hydrogens (tertiary/aromatic N) is 2. The van der Waals surface area contributed by atoms with E-state index in [1.54, 1.807) is 6.92 Å². The molecule has 2 aromatic heterocycles. The molecule has 0 aliphatic carbocycles. The summed E-state index contributed by atoms with van der Waals surface area (Å²) in [5.74, 6) is -2.44. The molecule has 0 spiro atoms. The molecular weight excluding hydrogens is 606 g/mol. The molecule has 0 fully saturated rings. The number of ether oxygens (including phenoxy) is 1. The number of thiazole rings is 1. The molecule has 3 atom stereocenters. The van der Waals surface area contributed by atoms with Crippen molar-refractivity contribution in [2.75, 3.05) is 25.0 Å². The molecule has 1 aliphatic heterocycles. The van der Waals surface area contributed by atoms with Crippen molar-refractivity contribution in [3.05, 3.63) is 71.2 Å². The minimum Gasteiger partial charge on any atom is -0.489 e. The zero-order chi connectivity index (χ0) is 32.0. The molecule has 0 saturated heterocycles. The molecule has 44 heavy (non-hydrogen) atoms. The SMILES string of the molecule is C[C@@H](O)CNc1nc2ccc(C(=O)NCC(O)(c3cc4c(c(-c5ccc(F)cc5)n3)OC[C@]4(C)C(N)=O)C(F)(F)F)cc2s1. The summed E-state index contributed by atoms with van der Waals surface area (Å²) < 4.78 is 63.7. The number of carbonyl (C=O) groups excluding carboxylic acids is 2. The highest BCUT2D eigenvalue weighted by molar-refractivity contribution is 7.22. The van der Waals surface area contributed by atoms with Gasteiger partial charge in [0.05, 0.1) is 28.6 Å². The van der Waals surface area contributed by atoms with Crippen molar-refractivity contribution in [1.29, 1.82) is 0 Å². The number of primary amides is 1. The molecule has 6 N–H and O–H groups in total. The van der Waals surface area contributed by atoms with E-state index in [1.165, 1.54) is 48.6 Å². The lowest BCUT2D eigenvalue weighted by Gasteiger charge is -2.31. The van der Waals surface area contributed by atoms with E-state index in [1.807, 2.05) is 0 Å². The van der Waals surface area contributed by atoms with Crippen LogP contribution in [-0.2, 0) is 15.8 Å². The number of benzene rings is 2. The fraction of sp³-hybridized carbons (Fsp3) is 0.310. The molecule has 0 saturated carbocycles. The molecule has 0 bridgehead atoms. The van der Waals surface area contributed by atoms with Crippen LogP contribution in [0.3, 0.4) is 0 Å². The monoisotopic (exact) mass is 633 g/mol. The molecule has 4 aromatic rings. The molecule has 1 unspecified atom stereocenters. The zero-order valence-electron chi connectivity index (χ0n) is 23.3. The van der Waals surface area contributed by atoms with Gasteiger partial charge in [0.25, 0.3) is 5.91 Å². The Balaban J connectivity index is 1.51. The molecule has 232 valence electrons. The van der Waals surface area contributed by atoms with Crippen LogP contribution >= 0.6 is 11.3 Å². The Morgan fingerprint density at radius 1 is 1.16 bits per heavy atom. The molecule has 15 heteroatoms. The van der Waals surface area contributed by atoms with Crippen molar-refractivity contribution >= 4 is 38.5 Å². The Bertz CT molecular complexity index is 1750. The summed E-state index contributed by atoms with van der Waals surface area (Å²) in [6.45, 7) is 1.59. The number of anilines is 1. The number of aliphatic hydroxyl groups is 2. The summed E-state index contributed by atoms with van der Waals surface area (Å²) in [5, 5.41) is 26.2. The van der Waals surface area contributed by atoms with Gasteiger partial charge in [0.15, 0.2) is 5.13 Å². The molecule has 10 nitrogen and oxygen atoms in total. The van der Waals surface area contributed by atoms with Crippen LogP contribution in [0.5, 0.6) is 5.75 Å². The summed E-state index contributed by atoms with van der Waals surface area (Å²) in [6.07, 6.45) is -5.98. The first-order valence-corrected chi connectivity index (χ1v) is 14.1. The topological polar surface area (TPSA) is 160 Å². The van der Waals surface area contributed by atoms with Gasteiger partial charge in [0.1, 0.15) is 29.3 Å². The molecule has 3 heterocycles. The largest absolute Gasteiger partial charge is 0.489 e. The molecular formula is C29H27F4N5O5S. The van der Waals surface area contributed by atoms with Crippen molar-refractivity contribution in [1.82, 2.24) is 15.3 Å². The zero-order valence-corrected chi connectivity index (χ0v) is 24.1. The second-order valence-corrected chi connectivity index (χ2v) is 11.7. The predicted molar refractivity (Wildman–Crippen MR) is 154 cm³/mol. The number of nitrogens with one attached hydrogen (secondary N) is 2. The molecule has 2 amide bonds. The Morgan fingerprint density at radius 3 is 2.50 bits per heavy atom. The van der Waals surface area contributed by atoms with Gasteiger partial charge >= 0.3 is 6.18 Å². The third-order valence-electron chi connectivity index (χ3n) is 7.33. The number of fused-ring (bicyclic) bond motifs is 2. The van der Waals surface area contributed by atoms with E-state index >= 15 is 0 Å². The third-order valence-corrected chi connectivity index (χ3v) is 8.31. The number of aliphatic hydroxyl groups excluding tert-OH is 1. The van der Waals surface area contributed by atoms with Crippen LogP contribution in [0.1, 0.15) is 35.5 Å². The third kappa shape index (κ3) is 5.65. The van der Waals surface area contributed by atoms with Crippen LogP contribution in [0.15, 0.2) is 48.5 Å². The lowest BCUT2D eigenvalue weighted by atomic mass is 9.81. The highest BCUT2D eigenvalue weighted by atomic mass is 32.1. The molecule has 1 aliphatic rings. The van der Waals surface area contributed by atoms with Gasteiger partial charge in [0.2, 0.25) is 11.5 Å². The Hall–Kier alpha value is -4.34. The average molecular weight is 634 g/mol. The Labute approximate surface area is 251 Å². The van der Waals surface area contributed by atoms with E-state index in [2.05, 4.69) is 20.6 Å². The summed E-state index contributed by atoms with van der Waals surface area (Å²) in [5.41, 5.74) is -0.142. The first-order chi connectivity index (χ1) is 20.6. The first kappa shape index (κ1) is 31.1. The maximum atomic E-state index is 14.6. The number of carbonyl (C=O) groups is 2. The number of hydrogen-bond donors (Lipinski definition) is 5. The molecule has 2 aromatic carbocycles. The van der Waals surface area contributed by atoms with E-state index in [9.17, 15) is 37.4 Å². The molecule has 5 rings (SSSR count). The lowest BCUT2D eigenvalue weighted by molar-refractivity contribution is -0.265. The molecule has 0 radical (unpaired) electrons. The van der Waals surface area contributed by atoms with Crippen molar-refractivity contribution in [2.24, 2.45) is 5.73 Å². The number of pyridine rings is 1. The average Bonchev–Trinajstić information content (AvgIpc) is 3.55. The van der Waals surface area contributed by atoms with Gasteiger partial charge < -0.3 is 31.3 Å². The fourth-order valence-corrected chi connectivity index (χ4v) is 5.54. The summed E-state index contributed by atoms with van der Waals surface area (Å²) in [7, 11) is 0. The number of hydrogen-bond acceptors (Lipinski definition) is 9. The predicted octanol–water partition coefficient (Wildman–Crippen LogP) is 3.61. The van der Waals surface area contributed by atoms with E-state index < -0.39 is 53.2 Å². The van der Waals surface area contributed by atoms with E-state index in [0.717, 1.165) is 18.2 Å². The van der Waals surface area contributed by atoms with E-state index in [-0.39, 0.29) is 41.3 Å². The minimum absolute atomic E-state index is 0.0105. The van der Waals surface area contributed by atoms with Crippen LogP contribution in [0.2, 0.25) is 0 Å². The van der Waals surface area contributed by atoms with Gasteiger partial charge in [-0.2, -0.15) is 13.2 Å². The van der Waals surface area contributed by atoms with Crippen molar-refractivity contribution in [3.8, 4) is 17.0 Å². The van der Waals surface area contributed by atoms with Gasteiger partial charge in [-0.05, 0) is 62.4 Å². The van der Waals surface area contributed by atoms with Crippen LogP contribution < -0.4 is 21.1 Å². The lowest BCUT2D eigenvalue weighted by Crippen LogP contribution is -2.51. The van der Waals surface area contributed by atoms with Crippen LogP contribution in [-0.4, -0.2) is 64.0 Å². The van der Waals surface area contributed by atoms with Crippen molar-refractivity contribution in [2.45, 2.75) is 37.1 Å². The second kappa shape index (κ2) is 11.3. The fourth-order valence-electron chi connectivity index (χ4n) is 4.63. The van der Waals surface area contributed by atoms with Gasteiger partial charge in [-0.25, -0.2) is 14.4 Å². The van der Waals surface area contributed by atoms with Crippen LogP contribution in [0.4, 0.5) is 22.7 Å². The maximum Gasteiger partial charge on any atom is 0.424 e. The quantitative estimate of drug-likeness (QED) is 0.175. The summed E-state index contributed by atoms with van der Waals surface area (Å²) in [4.78, 5) is 33.8. The highest BCUT2D eigenvalue weighted by Crippen LogP contribution is 2.47. The van der Waals surface area contributed by atoms with E-state index in [0.29, 0.717) is 15.3 Å². The van der Waals surface area contributed by atoms with Gasteiger partial charge in [-0.1, -0.05) is 11.3 Å². The number of halogens is 4. The van der Waals surface area contributed by atoms with Crippen molar-refractivity contribution in [3.63, 3.8) is 0 Å². The van der Waals surface area contributed by atoms with Gasteiger partial charge in [-0.3, -0.25) is 9.59 Å². The normalized spacial score (nSPS) is 18.3. The number of nitrogens with two attached hydrogens (primary N) is 1. The maximum absolute atomic E-state index is 14.6. The summed E-state index contributed by atoms with van der Waals surface area (Å²) in [6, 6.07) is 9.90. The number of alkyl halides is 3. The summed E-state index contributed by atoms with van der Waals surface area (Å²) >= 11 is 1.18. The number of amides is 2. The number of rotatable bonds is 9. The Morgan fingerprint density at radius 2 is 1.86 bits per heavy atom. The smallest absolute Gasteiger partial charge is 0.424 e. The first-order valence-electron chi connectivity index (χ1n) is 13.3. The second-order valence-electron chi connectivity index (χ2n) is 10.7. The standard InChI is InChI=1S/C29H27F4N5O5S/c1-14(39)11-35-26-37-19-8-5-16(9-20(19)44-26)24(40)36-12-28(42,29(31,32)33)21-10-18-23(43-13-27(18,2)25(34)41)22(38-21)15-3-6-17(30)7-4-15/h3-10,14,39,42H,11-13H2,1-2H3,(H2,34,41)(H,35,37)(H,36,40)/t14-,27+,28?/m1/s1. The van der Waals surface area contributed by atoms with Crippen LogP contribution in [0.25, 0.3) is 21.5 Å². The highest BCUT2D eigenvalue weighted by Gasteiger charge is 2.57. The van der Waals surface area contributed by atoms with Crippen LogP contribution in [0, 0.1) is 5.82 Å². The Kier molecular flexibility index (Phi) is 7.99. The van der Waals surface area contributed by atoms with Gasteiger partial charge in [-0.15, -0.1) is 0 Å². The number of aromatic nitrogens is 2. The van der Waals surface area contributed by atoms with Gasteiger partial charge in [0, 0.05) is 23.2 Å².